The van der Waals surface area contributed by atoms with E-state index < -0.39 is 55.5 Å². The maximum absolute atomic E-state index is 13.7. The summed E-state index contributed by atoms with van der Waals surface area (Å²) >= 11 is 0. The van der Waals surface area contributed by atoms with Gasteiger partial charge >= 0.3 is 19.4 Å². The molecular formula is C25H34N3O10P. The summed E-state index contributed by atoms with van der Waals surface area (Å²) in [6, 6.07) is 7.73. The lowest BCUT2D eigenvalue weighted by Gasteiger charge is -2.34. The number of terminal acetylenes is 1. The van der Waals surface area contributed by atoms with Crippen molar-refractivity contribution in [2.45, 2.75) is 51.7 Å². The number of hydrogen-bond acceptors (Lipinski definition) is 10. The number of nitrogens with one attached hydrogen (secondary N) is 2. The van der Waals surface area contributed by atoms with Gasteiger partial charge in [0.1, 0.15) is 24.0 Å². The standard InChI is InChI=1S/C25H34N3O10P/c1-7-25(33,28-14-13-20(29)26-23(28)32)21(30)19(35-6)15-37-39(34,38-18-11-9-8-10-12-18)27-17(2)22(31)36-16-24(3,4)5/h1,8-14,17,19,21,30,33H,15-16H2,2-6H3,(H,27,34)(H,26,29,32)/t17-,19+,21+,25+,39?/m0/s1. The molecule has 0 radical (unpaired) electrons. The van der Waals surface area contributed by atoms with Crippen LogP contribution in [0.2, 0.25) is 0 Å². The summed E-state index contributed by atoms with van der Waals surface area (Å²) in [5, 5.41) is 24.4. The number of ether oxygens (including phenoxy) is 2. The van der Waals surface area contributed by atoms with Crippen LogP contribution in [-0.2, 0) is 29.1 Å². The molecule has 0 saturated heterocycles. The maximum atomic E-state index is 13.7. The number of aromatic nitrogens is 2. The highest BCUT2D eigenvalue weighted by atomic mass is 31.2. The predicted octanol–water partition coefficient (Wildman–Crippen LogP) is 0.962. The number of aliphatic hydroxyl groups is 2. The molecule has 39 heavy (non-hydrogen) atoms. The number of nitrogens with zero attached hydrogens (tertiary/aromatic N) is 1. The average molecular weight is 568 g/mol. The fourth-order valence-corrected chi connectivity index (χ4v) is 4.62. The van der Waals surface area contributed by atoms with Gasteiger partial charge < -0.3 is 24.2 Å². The van der Waals surface area contributed by atoms with Gasteiger partial charge in [-0.2, -0.15) is 5.09 Å². The third kappa shape index (κ3) is 8.90. The molecule has 1 aromatic carbocycles. The van der Waals surface area contributed by atoms with Gasteiger partial charge in [-0.15, -0.1) is 6.42 Å². The van der Waals surface area contributed by atoms with Crippen LogP contribution in [0.15, 0.2) is 52.2 Å². The van der Waals surface area contributed by atoms with E-state index in [1.54, 1.807) is 18.2 Å². The lowest BCUT2D eigenvalue weighted by atomic mass is 9.99. The molecular weight excluding hydrogens is 533 g/mol. The molecule has 14 heteroatoms. The Morgan fingerprint density at radius 1 is 1.23 bits per heavy atom. The van der Waals surface area contributed by atoms with Crippen molar-refractivity contribution in [3.8, 4) is 18.1 Å². The van der Waals surface area contributed by atoms with Crippen LogP contribution in [0, 0.1) is 17.8 Å². The number of carbonyl (C=O) groups is 1. The van der Waals surface area contributed by atoms with Crippen LogP contribution in [0.1, 0.15) is 27.7 Å². The molecule has 0 aliphatic rings. The van der Waals surface area contributed by atoms with Gasteiger partial charge in [-0.1, -0.05) is 39.0 Å². The third-order valence-corrected chi connectivity index (χ3v) is 6.84. The number of methoxy groups -OCH3 is 1. The van der Waals surface area contributed by atoms with Crippen LogP contribution in [0.3, 0.4) is 0 Å². The molecule has 0 fully saturated rings. The quantitative estimate of drug-likeness (QED) is 0.154. The summed E-state index contributed by atoms with van der Waals surface area (Å²) in [5.41, 5.74) is -4.86. The number of benzene rings is 1. The van der Waals surface area contributed by atoms with E-state index in [-0.39, 0.29) is 17.8 Å². The fourth-order valence-electron chi connectivity index (χ4n) is 3.11. The smallest absolute Gasteiger partial charge is 0.459 e. The van der Waals surface area contributed by atoms with Crippen molar-refractivity contribution >= 4 is 13.7 Å². The van der Waals surface area contributed by atoms with E-state index in [9.17, 15) is 29.2 Å². The molecule has 0 spiro atoms. The van der Waals surface area contributed by atoms with Gasteiger partial charge in [0.15, 0.2) is 0 Å². The molecule has 1 heterocycles. The molecule has 0 aliphatic heterocycles. The van der Waals surface area contributed by atoms with E-state index in [0.717, 1.165) is 19.4 Å². The number of rotatable bonds is 13. The summed E-state index contributed by atoms with van der Waals surface area (Å²) in [6.45, 7) is 6.44. The second-order valence-electron chi connectivity index (χ2n) is 9.79. The van der Waals surface area contributed by atoms with Crippen molar-refractivity contribution in [3.63, 3.8) is 0 Å². The van der Waals surface area contributed by atoms with Crippen LogP contribution in [0.5, 0.6) is 5.75 Å². The van der Waals surface area contributed by atoms with Crippen LogP contribution < -0.4 is 20.9 Å². The molecule has 1 unspecified atom stereocenters. The van der Waals surface area contributed by atoms with Crippen LogP contribution >= 0.6 is 7.75 Å². The summed E-state index contributed by atoms with van der Waals surface area (Å²) < 4.78 is 35.8. The van der Waals surface area contributed by atoms with E-state index in [0.29, 0.717) is 4.57 Å². The first-order valence-corrected chi connectivity index (χ1v) is 13.4. The number of aliphatic hydroxyl groups excluding tert-OH is 1. The molecule has 0 saturated carbocycles. The third-order valence-electron chi connectivity index (χ3n) is 5.20. The Morgan fingerprint density at radius 3 is 2.41 bits per heavy atom. The second-order valence-corrected chi connectivity index (χ2v) is 11.5. The van der Waals surface area contributed by atoms with Crippen LogP contribution in [0.25, 0.3) is 0 Å². The monoisotopic (exact) mass is 567 g/mol. The lowest BCUT2D eigenvalue weighted by molar-refractivity contribution is -0.154. The van der Waals surface area contributed by atoms with E-state index >= 15 is 0 Å². The Balaban J connectivity index is 2.29. The first kappa shape index (κ1) is 32.0. The molecule has 1 aromatic heterocycles. The normalized spacial score (nSPS) is 17.1. The van der Waals surface area contributed by atoms with Gasteiger partial charge in [0.05, 0.1) is 13.2 Å². The molecule has 0 amide bonds. The zero-order valence-electron chi connectivity index (χ0n) is 22.3. The molecule has 13 nitrogen and oxygen atoms in total. The number of para-hydroxylation sites is 1. The molecule has 2 rings (SSSR count). The van der Waals surface area contributed by atoms with Crippen molar-refractivity contribution < 1.29 is 38.1 Å². The van der Waals surface area contributed by atoms with Crippen molar-refractivity contribution in [3.05, 3.63) is 63.4 Å². The highest BCUT2D eigenvalue weighted by Gasteiger charge is 2.44. The first-order valence-electron chi connectivity index (χ1n) is 11.8. The number of hydrogen-bond donors (Lipinski definition) is 4. The minimum absolute atomic E-state index is 0.106. The van der Waals surface area contributed by atoms with Gasteiger partial charge in [-0.3, -0.25) is 23.7 Å². The Hall–Kier alpha value is -3.24. The highest BCUT2D eigenvalue weighted by molar-refractivity contribution is 7.52. The Bertz CT molecular complexity index is 1310. The molecule has 0 bridgehead atoms. The van der Waals surface area contributed by atoms with Gasteiger partial charge in [-0.05, 0) is 30.4 Å². The van der Waals surface area contributed by atoms with E-state index in [4.69, 9.17) is 24.9 Å². The van der Waals surface area contributed by atoms with Crippen molar-refractivity contribution in [2.75, 3.05) is 20.3 Å². The van der Waals surface area contributed by atoms with E-state index in [1.807, 2.05) is 31.7 Å². The molecule has 0 aliphatic carbocycles. The summed E-state index contributed by atoms with van der Waals surface area (Å²) in [4.78, 5) is 38.1. The molecule has 5 atom stereocenters. The minimum atomic E-state index is -4.36. The van der Waals surface area contributed by atoms with Gasteiger partial charge in [0, 0.05) is 19.4 Å². The lowest BCUT2D eigenvalue weighted by Crippen LogP contribution is -2.56. The maximum Gasteiger partial charge on any atom is 0.459 e. The summed E-state index contributed by atoms with van der Waals surface area (Å²) in [5.74, 6) is 1.34. The van der Waals surface area contributed by atoms with E-state index in [2.05, 4.69) is 5.09 Å². The van der Waals surface area contributed by atoms with Crippen molar-refractivity contribution in [2.24, 2.45) is 5.41 Å². The SMILES string of the molecule is C#C[C@@](O)([C@H](O)[C@@H](COP(=O)(N[C@@H](C)C(=O)OCC(C)(C)C)Oc1ccccc1)OC)n1ccc(=O)[nH]c1=O. The topological polar surface area (TPSA) is 178 Å². The first-order chi connectivity index (χ1) is 18.1. The average Bonchev–Trinajstić information content (AvgIpc) is 2.87. The molecule has 4 N–H and O–H groups in total. The highest BCUT2D eigenvalue weighted by Crippen LogP contribution is 2.45. The molecule has 214 valence electrons. The van der Waals surface area contributed by atoms with E-state index in [1.165, 1.54) is 19.1 Å². The zero-order valence-corrected chi connectivity index (χ0v) is 23.2. The largest absolute Gasteiger partial charge is 0.464 e. The fraction of sp³-hybridized carbons (Fsp3) is 0.480. The summed E-state index contributed by atoms with van der Waals surface area (Å²) in [6.07, 6.45) is 2.81. The van der Waals surface area contributed by atoms with Crippen molar-refractivity contribution in [1.29, 1.82) is 0 Å². The number of carbonyl (C=O) groups excluding carboxylic acids is 1. The Labute approximate surface area is 225 Å². The Morgan fingerprint density at radius 2 is 1.87 bits per heavy atom. The summed E-state index contributed by atoms with van der Waals surface area (Å²) in [7, 11) is -3.22. The number of H-pyrrole nitrogens is 1. The van der Waals surface area contributed by atoms with Gasteiger partial charge in [0.2, 0.25) is 5.72 Å². The van der Waals surface area contributed by atoms with Gasteiger partial charge in [-0.25, -0.2) is 9.36 Å². The number of esters is 1. The second kappa shape index (κ2) is 13.2. The Kier molecular flexibility index (Phi) is 10.8. The van der Waals surface area contributed by atoms with Crippen LogP contribution in [-0.4, -0.2) is 64.3 Å². The zero-order chi connectivity index (χ0) is 29.4. The molecule has 2 aromatic rings. The van der Waals surface area contributed by atoms with Gasteiger partial charge in [0.25, 0.3) is 5.56 Å². The predicted molar refractivity (Wildman–Crippen MR) is 141 cm³/mol. The van der Waals surface area contributed by atoms with Crippen molar-refractivity contribution in [1.82, 2.24) is 14.6 Å². The minimum Gasteiger partial charge on any atom is -0.464 e. The van der Waals surface area contributed by atoms with Crippen LogP contribution in [0.4, 0.5) is 0 Å². The number of aromatic amines is 1.